The lowest BCUT2D eigenvalue weighted by Crippen LogP contribution is -2.54. The molecule has 0 bridgehead atoms. The number of unbranched alkanes of at least 4 members (excludes halogenated alkanes) is 3. The molecule has 5 amide bonds. The highest BCUT2D eigenvalue weighted by Gasteiger charge is 2.36. The number of ether oxygens (including phenoxy) is 1. The van der Waals surface area contributed by atoms with Gasteiger partial charge in [0.05, 0.1) is 29.5 Å². The number of aliphatic hydroxyl groups excluding tert-OH is 1. The van der Waals surface area contributed by atoms with E-state index in [1.54, 1.807) is 39.2 Å². The number of hydrogen-bond donors (Lipinski definition) is 6. The zero-order valence-corrected chi connectivity index (χ0v) is 32.5. The summed E-state index contributed by atoms with van der Waals surface area (Å²) in [5, 5.41) is 34.3. The third-order valence-corrected chi connectivity index (χ3v) is 10.3. The van der Waals surface area contributed by atoms with E-state index in [9.17, 15) is 39.2 Å². The van der Waals surface area contributed by atoms with Crippen LogP contribution in [0.15, 0.2) is 24.3 Å². The van der Waals surface area contributed by atoms with E-state index >= 15 is 0 Å². The lowest BCUT2D eigenvalue weighted by Gasteiger charge is -2.31. The first kappa shape index (κ1) is 46.2. The molecule has 4 atom stereocenters. The quantitative estimate of drug-likeness (QED) is 0.0484. The van der Waals surface area contributed by atoms with Gasteiger partial charge in [-0.05, 0) is 62.1 Å². The van der Waals surface area contributed by atoms with E-state index in [0.29, 0.717) is 43.8 Å². The van der Waals surface area contributed by atoms with Crippen LogP contribution in [0.4, 0.5) is 10.5 Å². The van der Waals surface area contributed by atoms with Crippen molar-refractivity contribution in [2.24, 2.45) is 17.6 Å². The lowest BCUT2D eigenvalue weighted by molar-refractivity contribution is -0.384. The number of hydrogen-bond acceptors (Lipinski definition) is 12. The number of nitrogens with two attached hydrogens (primary N) is 1. The van der Waals surface area contributed by atoms with Crippen LogP contribution in [0.25, 0.3) is 0 Å². The number of rotatable bonds is 20. The third-order valence-electron chi connectivity index (χ3n) is 9.29. The van der Waals surface area contributed by atoms with Crippen molar-refractivity contribution in [1.82, 2.24) is 25.9 Å². The number of nitro benzene ring substituents is 1. The number of nitrogens with zero attached hydrogens (tertiary/aromatic N) is 3. The summed E-state index contributed by atoms with van der Waals surface area (Å²) in [5.41, 5.74) is 8.16. The van der Waals surface area contributed by atoms with Gasteiger partial charge in [-0.2, -0.15) is 0 Å². The first-order chi connectivity index (χ1) is 25.8. The number of hydroxylamine groups is 1. The normalized spacial score (nSPS) is 16.8. The van der Waals surface area contributed by atoms with Crippen LogP contribution in [0.2, 0.25) is 0 Å². The Labute approximate surface area is 321 Å². The highest BCUT2D eigenvalue weighted by molar-refractivity contribution is 7.99. The largest absolute Gasteiger partial charge is 0.445 e. The van der Waals surface area contributed by atoms with Crippen molar-refractivity contribution < 1.29 is 43.9 Å². The molecule has 1 aromatic carbocycles. The summed E-state index contributed by atoms with van der Waals surface area (Å²) < 4.78 is 5.05. The molecule has 0 spiro atoms. The maximum Gasteiger partial charge on any atom is 0.407 e. The van der Waals surface area contributed by atoms with Crippen LogP contribution in [0, 0.1) is 22.0 Å². The molecule has 2 saturated heterocycles. The molecule has 304 valence electrons. The Morgan fingerprint density at radius 2 is 1.76 bits per heavy atom. The predicted molar refractivity (Wildman–Crippen MR) is 203 cm³/mol. The van der Waals surface area contributed by atoms with Gasteiger partial charge >= 0.3 is 6.09 Å². The summed E-state index contributed by atoms with van der Waals surface area (Å²) >= 11 is 1.73. The number of thioether (sulfide) groups is 1. The Bertz CT molecular complexity index is 1350. The molecule has 0 aromatic heterocycles. The standard InChI is InChI=1S/C19H35N3O5.C17H24N4O5S/c1-4-5-6-8-14(11-16(24)21-27)18(25)20-17(13(2)3)19(26)22-10-7-9-15(22)12-23;18-15(16(22)20-9-10-27-12-20)3-1-2-8-19-17(23)26-11-13-4-6-14(7-5-13)21(24)25/h13-15,17,23,27H,4-12H2,1-3H3,(H,20,25)(H,21,24);4-7,15H,1-3,8-12,18H2,(H,19,23)/t14-,15+,17+;15-/m10/s1. The fraction of sp³-hybridized carbons (Fsp3) is 0.694. The summed E-state index contributed by atoms with van der Waals surface area (Å²) in [6.07, 6.45) is 6.20. The zero-order valence-electron chi connectivity index (χ0n) is 31.7. The minimum Gasteiger partial charge on any atom is -0.445 e. The van der Waals surface area contributed by atoms with Crippen molar-refractivity contribution in [2.75, 3.05) is 37.9 Å². The van der Waals surface area contributed by atoms with Crippen molar-refractivity contribution in [3.63, 3.8) is 0 Å². The van der Waals surface area contributed by atoms with Crippen molar-refractivity contribution in [3.05, 3.63) is 39.9 Å². The van der Waals surface area contributed by atoms with Gasteiger partial charge in [-0.1, -0.05) is 40.0 Å². The molecule has 18 heteroatoms. The fourth-order valence-corrected chi connectivity index (χ4v) is 7.01. The SMILES string of the molecule is CCCCC[C@H](CC(=O)NO)C(=O)N[C@H](C(=O)N1CCC[C@H]1CO)C(C)C.N[C@@H](CCCCNC(=O)OCc1ccc([N+](=O)[O-])cc1)C(=O)N1CCSC1. The first-order valence-corrected chi connectivity index (χ1v) is 19.9. The van der Waals surface area contributed by atoms with Crippen LogP contribution in [0.1, 0.15) is 90.5 Å². The number of aliphatic hydroxyl groups is 1. The number of nitro groups is 1. The summed E-state index contributed by atoms with van der Waals surface area (Å²) in [7, 11) is 0. The fourth-order valence-electron chi connectivity index (χ4n) is 6.05. The number of alkyl carbamates (subject to hydrolysis) is 1. The predicted octanol–water partition coefficient (Wildman–Crippen LogP) is 3.05. The molecule has 0 unspecified atom stereocenters. The van der Waals surface area contributed by atoms with Gasteiger partial charge in [-0.3, -0.25) is 34.5 Å². The second kappa shape index (κ2) is 25.1. The van der Waals surface area contributed by atoms with Crippen LogP contribution in [0.5, 0.6) is 0 Å². The second-order valence-corrected chi connectivity index (χ2v) is 14.9. The minimum atomic E-state index is -0.699. The average Bonchev–Trinajstić information content (AvgIpc) is 3.88. The monoisotopic (exact) mass is 781 g/mol. The molecule has 2 aliphatic heterocycles. The zero-order chi connectivity index (χ0) is 40.0. The molecule has 7 N–H and O–H groups in total. The molecule has 0 saturated carbocycles. The number of non-ortho nitro benzene ring substituents is 1. The van der Waals surface area contributed by atoms with E-state index in [1.807, 2.05) is 13.8 Å². The third kappa shape index (κ3) is 16.2. The van der Waals surface area contributed by atoms with Gasteiger partial charge in [0.2, 0.25) is 23.6 Å². The number of nitrogens with one attached hydrogen (secondary N) is 3. The Hall–Kier alpha value is -4.00. The van der Waals surface area contributed by atoms with Gasteiger partial charge in [0.15, 0.2) is 0 Å². The van der Waals surface area contributed by atoms with Gasteiger partial charge < -0.3 is 36.0 Å². The van der Waals surface area contributed by atoms with Gasteiger partial charge in [-0.15, -0.1) is 11.8 Å². The summed E-state index contributed by atoms with van der Waals surface area (Å²) in [4.78, 5) is 74.5. The molecule has 0 aliphatic carbocycles. The van der Waals surface area contributed by atoms with Crippen molar-refractivity contribution in [3.8, 4) is 0 Å². The molecular formula is C36H59N7O10S. The number of benzene rings is 1. The number of carbonyl (C=O) groups is 5. The van der Waals surface area contributed by atoms with E-state index in [-0.39, 0.29) is 55.0 Å². The van der Waals surface area contributed by atoms with E-state index in [2.05, 4.69) is 17.6 Å². The molecule has 1 aromatic rings. The molecular weight excluding hydrogens is 723 g/mol. The lowest BCUT2D eigenvalue weighted by atomic mass is 9.94. The molecule has 3 rings (SSSR count). The molecule has 0 radical (unpaired) electrons. The molecule has 54 heavy (non-hydrogen) atoms. The molecule has 2 heterocycles. The summed E-state index contributed by atoms with van der Waals surface area (Å²) in [6, 6.07) is 4.43. The Kier molecular flexibility index (Phi) is 21.5. The smallest absolute Gasteiger partial charge is 0.407 e. The van der Waals surface area contributed by atoms with E-state index in [1.165, 1.54) is 12.1 Å². The van der Waals surface area contributed by atoms with E-state index in [0.717, 1.165) is 50.8 Å². The van der Waals surface area contributed by atoms with E-state index in [4.69, 9.17) is 15.7 Å². The average molecular weight is 782 g/mol. The van der Waals surface area contributed by atoms with Crippen LogP contribution in [-0.4, -0.2) is 111 Å². The van der Waals surface area contributed by atoms with Crippen molar-refractivity contribution in [2.45, 2.75) is 110 Å². The second-order valence-electron chi connectivity index (χ2n) is 13.8. The minimum absolute atomic E-state index is 0.00420. The highest BCUT2D eigenvalue weighted by Crippen LogP contribution is 2.21. The maximum absolute atomic E-state index is 12.9. The number of likely N-dealkylation sites (tertiary alicyclic amines) is 1. The first-order valence-electron chi connectivity index (χ1n) is 18.7. The molecule has 2 aliphatic rings. The van der Waals surface area contributed by atoms with Crippen LogP contribution in [0.3, 0.4) is 0 Å². The van der Waals surface area contributed by atoms with Crippen molar-refractivity contribution in [1.29, 1.82) is 0 Å². The highest BCUT2D eigenvalue weighted by atomic mass is 32.2. The number of carbonyl (C=O) groups excluding carboxylic acids is 5. The topological polar surface area (TPSA) is 247 Å². The summed E-state index contributed by atoms with van der Waals surface area (Å²) in [6.45, 7) is 7.50. The van der Waals surface area contributed by atoms with Gasteiger partial charge in [0.25, 0.3) is 5.69 Å². The van der Waals surface area contributed by atoms with Crippen LogP contribution in [-0.2, 0) is 30.5 Å². The molecule has 2 fully saturated rings. The Morgan fingerprint density at radius 1 is 1.06 bits per heavy atom. The van der Waals surface area contributed by atoms with Crippen molar-refractivity contribution >= 4 is 47.2 Å². The Morgan fingerprint density at radius 3 is 2.35 bits per heavy atom. The maximum atomic E-state index is 12.9. The Balaban J connectivity index is 0.000000373. The van der Waals surface area contributed by atoms with Crippen LogP contribution >= 0.6 is 11.8 Å². The van der Waals surface area contributed by atoms with E-state index < -0.39 is 34.9 Å². The van der Waals surface area contributed by atoms with Gasteiger partial charge in [-0.25, -0.2) is 10.3 Å². The van der Waals surface area contributed by atoms with Gasteiger partial charge in [0, 0.05) is 49.9 Å². The van der Waals surface area contributed by atoms with Crippen LogP contribution < -0.4 is 21.8 Å². The summed E-state index contributed by atoms with van der Waals surface area (Å²) in [5.74, 6) is -0.182. The number of amides is 5. The van der Waals surface area contributed by atoms with Gasteiger partial charge in [0.1, 0.15) is 12.6 Å². The molecule has 17 nitrogen and oxygen atoms in total.